The zero-order chi connectivity index (χ0) is 9.84. The van der Waals surface area contributed by atoms with Crippen molar-refractivity contribution in [1.82, 2.24) is 5.32 Å². The average Bonchev–Trinajstić information content (AvgIpc) is 2.52. The number of carbonyl (C=O) groups is 1. The molecule has 0 aliphatic heterocycles. The number of hydrogen-bond acceptors (Lipinski definition) is 1. The summed E-state index contributed by atoms with van der Waals surface area (Å²) in [7, 11) is 0. The summed E-state index contributed by atoms with van der Waals surface area (Å²) in [6.45, 7) is 2.09. The first-order chi connectivity index (χ1) is 6.13. The zero-order valence-electron chi connectivity index (χ0n) is 7.72. The molecule has 0 heterocycles. The van der Waals surface area contributed by atoms with Gasteiger partial charge in [0.1, 0.15) is 0 Å². The lowest BCUT2D eigenvalue weighted by molar-refractivity contribution is -0.132. The van der Waals surface area contributed by atoms with Gasteiger partial charge < -0.3 is 5.32 Å². The molecule has 2 atom stereocenters. The fourth-order valence-electron chi connectivity index (χ4n) is 1.84. The highest BCUT2D eigenvalue weighted by molar-refractivity contribution is 5.79. The van der Waals surface area contributed by atoms with Gasteiger partial charge >= 0.3 is 6.43 Å². The van der Waals surface area contributed by atoms with Crippen molar-refractivity contribution in [1.29, 1.82) is 0 Å². The Morgan fingerprint density at radius 2 is 2.23 bits per heavy atom. The van der Waals surface area contributed by atoms with Gasteiger partial charge in [0.05, 0.1) is 0 Å². The third-order valence-corrected chi connectivity index (χ3v) is 2.66. The predicted octanol–water partition coefficient (Wildman–Crippen LogP) is 1.95. The SMILES string of the molecule is CCC1CCC(NC(=O)C(F)F)C1. The summed E-state index contributed by atoms with van der Waals surface area (Å²) in [5, 5.41) is 2.35. The summed E-state index contributed by atoms with van der Waals surface area (Å²) < 4.78 is 23.7. The van der Waals surface area contributed by atoms with Crippen molar-refractivity contribution in [3.63, 3.8) is 0 Å². The Kier molecular flexibility index (Phi) is 3.63. The molecule has 1 aliphatic carbocycles. The van der Waals surface area contributed by atoms with Gasteiger partial charge in [-0.2, -0.15) is 8.78 Å². The fraction of sp³-hybridized carbons (Fsp3) is 0.889. The van der Waals surface area contributed by atoms with Crippen LogP contribution < -0.4 is 5.32 Å². The van der Waals surface area contributed by atoms with E-state index in [2.05, 4.69) is 12.2 Å². The Bertz CT molecular complexity index is 184. The Morgan fingerprint density at radius 3 is 2.69 bits per heavy atom. The van der Waals surface area contributed by atoms with Crippen molar-refractivity contribution in [3.05, 3.63) is 0 Å². The Balaban J connectivity index is 2.28. The van der Waals surface area contributed by atoms with Crippen LogP contribution in [0.4, 0.5) is 8.78 Å². The van der Waals surface area contributed by atoms with Crippen molar-refractivity contribution in [2.45, 2.75) is 45.1 Å². The molecule has 0 bridgehead atoms. The molecule has 4 heteroatoms. The molecule has 1 aliphatic rings. The molecule has 0 spiro atoms. The summed E-state index contributed by atoms with van der Waals surface area (Å²) in [5.74, 6) is -0.523. The van der Waals surface area contributed by atoms with Crippen LogP contribution in [0, 0.1) is 5.92 Å². The fourth-order valence-corrected chi connectivity index (χ4v) is 1.84. The smallest absolute Gasteiger partial charge is 0.315 e. The number of alkyl halides is 2. The van der Waals surface area contributed by atoms with E-state index in [0.29, 0.717) is 5.92 Å². The van der Waals surface area contributed by atoms with E-state index in [1.54, 1.807) is 0 Å². The summed E-state index contributed by atoms with van der Waals surface area (Å²) in [6, 6.07) is -0.0218. The van der Waals surface area contributed by atoms with Gasteiger partial charge in [-0.05, 0) is 25.2 Å². The minimum atomic E-state index is -2.87. The highest BCUT2D eigenvalue weighted by atomic mass is 19.3. The Labute approximate surface area is 76.7 Å². The molecule has 13 heavy (non-hydrogen) atoms. The van der Waals surface area contributed by atoms with Crippen LogP contribution in [0.5, 0.6) is 0 Å². The number of amides is 1. The first-order valence-corrected chi connectivity index (χ1v) is 4.72. The molecule has 76 valence electrons. The second-order valence-corrected chi connectivity index (χ2v) is 3.59. The molecule has 0 aromatic heterocycles. The van der Waals surface area contributed by atoms with Crippen LogP contribution in [-0.2, 0) is 4.79 Å². The normalized spacial score (nSPS) is 28.0. The van der Waals surface area contributed by atoms with Gasteiger partial charge in [-0.1, -0.05) is 13.3 Å². The molecule has 2 unspecified atom stereocenters. The molecule has 1 saturated carbocycles. The maximum atomic E-state index is 11.8. The van der Waals surface area contributed by atoms with Crippen LogP contribution >= 0.6 is 0 Å². The third kappa shape index (κ3) is 2.94. The largest absolute Gasteiger partial charge is 0.348 e. The minimum absolute atomic E-state index is 0.0218. The third-order valence-electron chi connectivity index (χ3n) is 2.66. The van der Waals surface area contributed by atoms with Gasteiger partial charge in [0.15, 0.2) is 0 Å². The summed E-state index contributed by atoms with van der Waals surface area (Å²) in [6.07, 6.45) is 0.943. The highest BCUT2D eigenvalue weighted by Gasteiger charge is 2.26. The molecular weight excluding hydrogens is 176 g/mol. The van der Waals surface area contributed by atoms with E-state index in [-0.39, 0.29) is 6.04 Å². The lowest BCUT2D eigenvalue weighted by atomic mass is 10.1. The van der Waals surface area contributed by atoms with Crippen LogP contribution in [0.2, 0.25) is 0 Å². The Hall–Kier alpha value is -0.670. The molecule has 1 rings (SSSR count). The molecule has 0 aromatic rings. The first-order valence-electron chi connectivity index (χ1n) is 4.72. The second kappa shape index (κ2) is 4.53. The quantitative estimate of drug-likeness (QED) is 0.725. The van der Waals surface area contributed by atoms with Crippen molar-refractivity contribution >= 4 is 5.91 Å². The van der Waals surface area contributed by atoms with Gasteiger partial charge in [-0.3, -0.25) is 4.79 Å². The van der Waals surface area contributed by atoms with E-state index in [1.165, 1.54) is 0 Å². The first kappa shape index (κ1) is 10.4. The zero-order valence-corrected chi connectivity index (χ0v) is 7.72. The van der Waals surface area contributed by atoms with E-state index in [9.17, 15) is 13.6 Å². The number of carbonyl (C=O) groups excluding carboxylic acids is 1. The van der Waals surface area contributed by atoms with Crippen LogP contribution in [-0.4, -0.2) is 18.4 Å². The van der Waals surface area contributed by atoms with Crippen LogP contribution in [0.15, 0.2) is 0 Å². The highest BCUT2D eigenvalue weighted by Crippen LogP contribution is 2.27. The van der Waals surface area contributed by atoms with Gasteiger partial charge in [-0.15, -0.1) is 0 Å². The number of nitrogens with one attached hydrogen (secondary N) is 1. The lowest BCUT2D eigenvalue weighted by Gasteiger charge is -2.11. The minimum Gasteiger partial charge on any atom is -0.348 e. The standard InChI is InChI=1S/C9H15F2NO/c1-2-6-3-4-7(5-6)12-9(13)8(10)11/h6-8H,2-5H2,1H3,(H,12,13). The number of halogens is 2. The van der Waals surface area contributed by atoms with Crippen molar-refractivity contribution in [3.8, 4) is 0 Å². The second-order valence-electron chi connectivity index (χ2n) is 3.59. The average molecular weight is 191 g/mol. The summed E-state index contributed by atoms with van der Waals surface area (Å²) >= 11 is 0. The molecule has 2 nitrogen and oxygen atoms in total. The molecular formula is C9H15F2NO. The molecule has 1 N–H and O–H groups in total. The Morgan fingerprint density at radius 1 is 1.54 bits per heavy atom. The van der Waals surface area contributed by atoms with Gasteiger partial charge in [0.25, 0.3) is 5.91 Å². The molecule has 1 amide bonds. The molecule has 0 aromatic carbocycles. The molecule has 0 radical (unpaired) electrons. The van der Waals surface area contributed by atoms with Gasteiger partial charge in [-0.25, -0.2) is 0 Å². The maximum absolute atomic E-state index is 11.8. The monoisotopic (exact) mass is 191 g/mol. The number of hydrogen-bond donors (Lipinski definition) is 1. The van der Waals surface area contributed by atoms with E-state index >= 15 is 0 Å². The van der Waals surface area contributed by atoms with E-state index in [1.807, 2.05) is 0 Å². The lowest BCUT2D eigenvalue weighted by Crippen LogP contribution is -2.37. The van der Waals surface area contributed by atoms with Gasteiger partial charge in [0, 0.05) is 6.04 Å². The predicted molar refractivity (Wildman–Crippen MR) is 45.6 cm³/mol. The maximum Gasteiger partial charge on any atom is 0.315 e. The van der Waals surface area contributed by atoms with E-state index in [4.69, 9.17) is 0 Å². The van der Waals surface area contributed by atoms with Crippen molar-refractivity contribution < 1.29 is 13.6 Å². The van der Waals surface area contributed by atoms with Crippen molar-refractivity contribution in [2.24, 2.45) is 5.92 Å². The van der Waals surface area contributed by atoms with E-state index < -0.39 is 12.3 Å². The topological polar surface area (TPSA) is 29.1 Å². The van der Waals surface area contributed by atoms with Crippen LogP contribution in [0.25, 0.3) is 0 Å². The van der Waals surface area contributed by atoms with Crippen molar-refractivity contribution in [2.75, 3.05) is 0 Å². The van der Waals surface area contributed by atoms with E-state index in [0.717, 1.165) is 25.7 Å². The molecule has 1 fully saturated rings. The van der Waals surface area contributed by atoms with Crippen LogP contribution in [0.3, 0.4) is 0 Å². The van der Waals surface area contributed by atoms with Crippen LogP contribution in [0.1, 0.15) is 32.6 Å². The molecule has 0 saturated heterocycles. The summed E-state index contributed by atoms with van der Waals surface area (Å²) in [4.78, 5) is 10.6. The number of rotatable bonds is 3. The summed E-state index contributed by atoms with van der Waals surface area (Å²) in [5.41, 5.74) is 0. The van der Waals surface area contributed by atoms with Gasteiger partial charge in [0.2, 0.25) is 0 Å².